The normalized spacial score (nSPS) is 14.9. The maximum Gasteiger partial charge on any atom is 0.266 e. The summed E-state index contributed by atoms with van der Waals surface area (Å²) in [4.78, 5) is 27.7. The number of rotatable bonds is 6. The molecule has 10 heteroatoms. The van der Waals surface area contributed by atoms with Crippen molar-refractivity contribution >= 4 is 11.8 Å². The second kappa shape index (κ2) is 8.39. The molecular weight excluding hydrogens is 370 g/mol. The van der Waals surface area contributed by atoms with E-state index in [0.29, 0.717) is 12.4 Å². The van der Waals surface area contributed by atoms with E-state index < -0.39 is 0 Å². The summed E-state index contributed by atoms with van der Waals surface area (Å²) in [6.07, 6.45) is 5.30. The van der Waals surface area contributed by atoms with Crippen molar-refractivity contribution in [3.05, 3.63) is 53.2 Å². The van der Waals surface area contributed by atoms with Crippen molar-refractivity contribution in [1.82, 2.24) is 34.4 Å². The third-order valence-electron chi connectivity index (χ3n) is 4.96. The van der Waals surface area contributed by atoms with Crippen molar-refractivity contribution in [3.8, 4) is 5.82 Å². The number of hydrogen-bond acceptors (Lipinski definition) is 8. The Morgan fingerprint density at radius 2 is 1.86 bits per heavy atom. The average molecular weight is 395 g/mol. The number of anilines is 2. The number of piperazine rings is 1. The minimum absolute atomic E-state index is 0.103. The largest absolute Gasteiger partial charge is 0.363 e. The summed E-state index contributed by atoms with van der Waals surface area (Å²) in [5.41, 5.74) is -0.103. The van der Waals surface area contributed by atoms with Crippen LogP contribution >= 0.6 is 0 Å². The molecule has 3 aromatic heterocycles. The van der Waals surface area contributed by atoms with Crippen LogP contribution in [-0.4, -0.2) is 81.2 Å². The molecule has 29 heavy (non-hydrogen) atoms. The quantitative estimate of drug-likeness (QED) is 0.581. The van der Waals surface area contributed by atoms with E-state index in [1.807, 2.05) is 37.3 Å². The van der Waals surface area contributed by atoms with E-state index in [4.69, 9.17) is 0 Å². The Bertz CT molecular complexity index is 991. The highest BCUT2D eigenvalue weighted by molar-refractivity contribution is 5.42. The number of nitrogens with zero attached hydrogens (tertiary/aromatic N) is 9. The van der Waals surface area contributed by atoms with Crippen molar-refractivity contribution in [1.29, 1.82) is 0 Å². The minimum atomic E-state index is -0.103. The van der Waals surface area contributed by atoms with Crippen LogP contribution < -0.4 is 15.4 Å². The summed E-state index contributed by atoms with van der Waals surface area (Å²) >= 11 is 0. The fourth-order valence-corrected chi connectivity index (χ4v) is 3.27. The van der Waals surface area contributed by atoms with Crippen LogP contribution in [0.15, 0.2) is 47.7 Å². The summed E-state index contributed by atoms with van der Waals surface area (Å²) in [6.45, 7) is 4.80. The maximum atomic E-state index is 12.2. The van der Waals surface area contributed by atoms with Crippen LogP contribution in [0, 0.1) is 0 Å². The van der Waals surface area contributed by atoms with E-state index in [9.17, 15) is 4.79 Å². The first-order valence-corrected chi connectivity index (χ1v) is 9.66. The molecule has 0 atom stereocenters. The van der Waals surface area contributed by atoms with Crippen LogP contribution in [0.2, 0.25) is 0 Å². The van der Waals surface area contributed by atoms with Crippen molar-refractivity contribution in [2.45, 2.75) is 6.54 Å². The second-order valence-electron chi connectivity index (χ2n) is 7.14. The zero-order valence-electron chi connectivity index (χ0n) is 16.7. The lowest BCUT2D eigenvalue weighted by Gasteiger charge is -2.34. The third kappa shape index (κ3) is 4.43. The molecule has 1 saturated heterocycles. The molecule has 10 nitrogen and oxygen atoms in total. The molecule has 1 aliphatic rings. The highest BCUT2D eigenvalue weighted by Crippen LogP contribution is 2.14. The number of aromatic nitrogens is 6. The van der Waals surface area contributed by atoms with Gasteiger partial charge < -0.3 is 9.80 Å². The van der Waals surface area contributed by atoms with Gasteiger partial charge in [-0.1, -0.05) is 0 Å². The Morgan fingerprint density at radius 3 is 2.59 bits per heavy atom. The molecule has 4 heterocycles. The number of hydrogen-bond donors (Lipinski definition) is 0. The highest BCUT2D eigenvalue weighted by Gasteiger charge is 2.19. The Morgan fingerprint density at radius 1 is 1.03 bits per heavy atom. The third-order valence-corrected chi connectivity index (χ3v) is 4.96. The zero-order chi connectivity index (χ0) is 20.2. The van der Waals surface area contributed by atoms with E-state index in [0.717, 1.165) is 44.5 Å². The van der Waals surface area contributed by atoms with Gasteiger partial charge in [0.25, 0.3) is 5.56 Å². The Balaban J connectivity index is 1.34. The van der Waals surface area contributed by atoms with Gasteiger partial charge in [0, 0.05) is 71.5 Å². The molecule has 0 aromatic carbocycles. The predicted octanol–water partition coefficient (Wildman–Crippen LogP) is 0.107. The van der Waals surface area contributed by atoms with Crippen molar-refractivity contribution in [3.63, 3.8) is 0 Å². The molecule has 0 radical (unpaired) electrons. The van der Waals surface area contributed by atoms with E-state index in [2.05, 4.69) is 30.0 Å². The molecule has 0 N–H and O–H groups in total. The lowest BCUT2D eigenvalue weighted by atomic mass is 10.3. The summed E-state index contributed by atoms with van der Waals surface area (Å²) in [7, 11) is 3.95. The van der Waals surface area contributed by atoms with Gasteiger partial charge in [0.2, 0.25) is 5.95 Å². The highest BCUT2D eigenvalue weighted by atomic mass is 16.1. The Hall–Kier alpha value is -3.27. The lowest BCUT2D eigenvalue weighted by molar-refractivity contribution is 0.241. The fraction of sp³-hybridized carbons (Fsp3) is 0.421. The molecular formula is C19H25N9O. The van der Waals surface area contributed by atoms with E-state index in [-0.39, 0.29) is 5.56 Å². The van der Waals surface area contributed by atoms with Crippen molar-refractivity contribution < 1.29 is 0 Å². The first-order valence-electron chi connectivity index (χ1n) is 9.66. The molecule has 3 aromatic rings. The molecule has 1 fully saturated rings. The Labute approximate surface area is 169 Å². The van der Waals surface area contributed by atoms with Gasteiger partial charge in [-0.3, -0.25) is 9.69 Å². The van der Waals surface area contributed by atoms with E-state index in [1.54, 1.807) is 23.1 Å². The fourth-order valence-electron chi connectivity index (χ4n) is 3.27. The minimum Gasteiger partial charge on any atom is -0.363 e. The SMILES string of the molecule is CN(C)c1ccnc(N2CCN(CCn3nc(-n4cccn4)ccc3=O)CC2)n1. The molecule has 4 rings (SSSR count). The van der Waals surface area contributed by atoms with Crippen LogP contribution in [0.3, 0.4) is 0 Å². The van der Waals surface area contributed by atoms with Gasteiger partial charge in [0.1, 0.15) is 5.82 Å². The first-order chi connectivity index (χ1) is 14.1. The summed E-state index contributed by atoms with van der Waals surface area (Å²) in [5.74, 6) is 2.30. The van der Waals surface area contributed by atoms with Crippen LogP contribution in [0.5, 0.6) is 0 Å². The van der Waals surface area contributed by atoms with Gasteiger partial charge in [-0.2, -0.15) is 10.1 Å². The molecule has 152 valence electrons. The molecule has 0 aliphatic carbocycles. The van der Waals surface area contributed by atoms with Crippen LogP contribution in [-0.2, 0) is 6.54 Å². The van der Waals surface area contributed by atoms with Gasteiger partial charge in [0.05, 0.1) is 6.54 Å². The van der Waals surface area contributed by atoms with Crippen molar-refractivity contribution in [2.75, 3.05) is 56.6 Å². The topological polar surface area (TPSA) is 88.2 Å². The lowest BCUT2D eigenvalue weighted by Crippen LogP contribution is -2.48. The molecule has 0 amide bonds. The maximum absolute atomic E-state index is 12.2. The molecule has 1 aliphatic heterocycles. The summed E-state index contributed by atoms with van der Waals surface area (Å²) in [5, 5.41) is 8.60. The monoisotopic (exact) mass is 395 g/mol. The van der Waals surface area contributed by atoms with E-state index in [1.165, 1.54) is 10.7 Å². The Kier molecular flexibility index (Phi) is 5.52. The summed E-state index contributed by atoms with van der Waals surface area (Å²) in [6, 6.07) is 6.96. The second-order valence-corrected chi connectivity index (χ2v) is 7.14. The van der Waals surface area contributed by atoms with Crippen LogP contribution in [0.25, 0.3) is 5.82 Å². The first kappa shape index (κ1) is 19.1. The average Bonchev–Trinajstić information content (AvgIpc) is 3.28. The predicted molar refractivity (Wildman–Crippen MR) is 111 cm³/mol. The molecule has 0 unspecified atom stereocenters. The zero-order valence-corrected chi connectivity index (χ0v) is 16.7. The summed E-state index contributed by atoms with van der Waals surface area (Å²) < 4.78 is 3.16. The van der Waals surface area contributed by atoms with E-state index >= 15 is 0 Å². The van der Waals surface area contributed by atoms with Gasteiger partial charge >= 0.3 is 0 Å². The van der Waals surface area contributed by atoms with Crippen molar-refractivity contribution in [2.24, 2.45) is 0 Å². The standard InChI is InChI=1S/C19H25N9O/c1-24(2)16-6-8-20-19(22-16)26-13-10-25(11-14-26)12-15-28-18(29)5-4-17(23-28)27-9-3-7-21-27/h3-9H,10-15H2,1-2H3. The van der Waals surface area contributed by atoms with Crippen LogP contribution in [0.1, 0.15) is 0 Å². The van der Waals surface area contributed by atoms with Gasteiger partial charge in [-0.15, -0.1) is 5.10 Å². The molecule has 0 saturated carbocycles. The molecule has 0 spiro atoms. The van der Waals surface area contributed by atoms with Gasteiger partial charge in [0.15, 0.2) is 5.82 Å². The molecule has 0 bridgehead atoms. The van der Waals surface area contributed by atoms with Crippen LogP contribution in [0.4, 0.5) is 11.8 Å². The van der Waals surface area contributed by atoms with Gasteiger partial charge in [-0.05, 0) is 18.2 Å². The smallest absolute Gasteiger partial charge is 0.266 e. The van der Waals surface area contributed by atoms with Gasteiger partial charge in [-0.25, -0.2) is 14.3 Å².